The number of aliphatic carboxylic acids is 1. The number of fused-ring (bicyclic) bond motifs is 1. The van der Waals surface area contributed by atoms with Crippen LogP contribution in [0.5, 0.6) is 0 Å². The monoisotopic (exact) mass is 249 g/mol. The highest BCUT2D eigenvalue weighted by Crippen LogP contribution is 2.11. The summed E-state index contributed by atoms with van der Waals surface area (Å²) in [6, 6.07) is 5.12. The van der Waals surface area contributed by atoms with Crippen LogP contribution in [0.1, 0.15) is 5.56 Å². The van der Waals surface area contributed by atoms with Crippen LogP contribution in [-0.4, -0.2) is 27.6 Å². The van der Waals surface area contributed by atoms with Crippen LogP contribution in [-0.2, 0) is 11.3 Å². The summed E-state index contributed by atoms with van der Waals surface area (Å²) >= 11 is 0. The van der Waals surface area contributed by atoms with Crippen LogP contribution in [0.25, 0.3) is 11.0 Å². The number of rotatable bonds is 4. The van der Waals surface area contributed by atoms with Crippen molar-refractivity contribution in [2.24, 2.45) is 0 Å². The van der Waals surface area contributed by atoms with Crippen molar-refractivity contribution in [3.63, 3.8) is 0 Å². The highest BCUT2D eigenvalue weighted by atomic mass is 16.4. The first-order valence-electron chi connectivity index (χ1n) is 5.24. The van der Waals surface area contributed by atoms with E-state index in [0.717, 1.165) is 0 Å². The van der Waals surface area contributed by atoms with Crippen LogP contribution in [0.2, 0.25) is 0 Å². The van der Waals surface area contributed by atoms with Gasteiger partial charge in [-0.3, -0.25) is 14.4 Å². The van der Waals surface area contributed by atoms with Gasteiger partial charge in [0, 0.05) is 6.54 Å². The van der Waals surface area contributed by atoms with Gasteiger partial charge in [-0.25, -0.2) is 0 Å². The molecule has 0 aliphatic heterocycles. The number of H-pyrrole nitrogens is 2. The molecule has 0 aliphatic carbocycles. The zero-order valence-electron chi connectivity index (χ0n) is 9.32. The van der Waals surface area contributed by atoms with E-state index in [-0.39, 0.29) is 13.1 Å². The summed E-state index contributed by atoms with van der Waals surface area (Å²) in [4.78, 5) is 37.7. The van der Waals surface area contributed by atoms with E-state index in [9.17, 15) is 14.4 Å². The molecular weight excluding hydrogens is 238 g/mol. The van der Waals surface area contributed by atoms with Crippen molar-refractivity contribution in [2.75, 3.05) is 6.54 Å². The minimum atomic E-state index is -0.961. The summed E-state index contributed by atoms with van der Waals surface area (Å²) in [7, 11) is 0. The molecule has 0 atom stereocenters. The molecule has 1 heterocycles. The Hall–Kier alpha value is -2.41. The van der Waals surface area contributed by atoms with E-state index in [1.807, 2.05) is 0 Å². The normalized spacial score (nSPS) is 10.7. The van der Waals surface area contributed by atoms with Crippen LogP contribution < -0.4 is 16.4 Å². The van der Waals surface area contributed by atoms with Gasteiger partial charge in [0.25, 0.3) is 0 Å². The lowest BCUT2D eigenvalue weighted by molar-refractivity contribution is -0.135. The van der Waals surface area contributed by atoms with Crippen LogP contribution in [0, 0.1) is 0 Å². The molecule has 7 nitrogen and oxygen atoms in total. The Morgan fingerprint density at radius 1 is 1.22 bits per heavy atom. The molecule has 7 heteroatoms. The van der Waals surface area contributed by atoms with Crippen LogP contribution in [0.15, 0.2) is 27.8 Å². The predicted molar refractivity (Wildman–Crippen MR) is 64.5 cm³/mol. The summed E-state index contributed by atoms with van der Waals surface area (Å²) in [5.74, 6) is -0.961. The second-order valence-electron chi connectivity index (χ2n) is 3.75. The van der Waals surface area contributed by atoms with E-state index in [1.54, 1.807) is 18.2 Å². The quantitative estimate of drug-likeness (QED) is 0.540. The molecule has 0 unspecified atom stereocenters. The van der Waals surface area contributed by atoms with Crippen molar-refractivity contribution in [1.29, 1.82) is 0 Å². The van der Waals surface area contributed by atoms with E-state index in [0.29, 0.717) is 16.6 Å². The van der Waals surface area contributed by atoms with Gasteiger partial charge >= 0.3 is 17.1 Å². The first-order valence-corrected chi connectivity index (χ1v) is 5.24. The molecule has 94 valence electrons. The minimum Gasteiger partial charge on any atom is -0.480 e. The van der Waals surface area contributed by atoms with Crippen molar-refractivity contribution in [3.05, 3.63) is 44.5 Å². The Bertz CT molecular complexity index is 701. The van der Waals surface area contributed by atoms with Crippen LogP contribution in [0.3, 0.4) is 0 Å². The predicted octanol–water partition coefficient (Wildman–Crippen LogP) is -0.609. The molecule has 0 amide bonds. The molecule has 4 N–H and O–H groups in total. The number of hydrogen-bond acceptors (Lipinski definition) is 4. The Balaban J connectivity index is 2.39. The summed E-state index contributed by atoms with van der Waals surface area (Å²) in [5.41, 5.74) is 0.280. The molecule has 2 rings (SSSR count). The van der Waals surface area contributed by atoms with Gasteiger partial charge < -0.3 is 20.4 Å². The van der Waals surface area contributed by atoms with E-state index < -0.39 is 17.1 Å². The van der Waals surface area contributed by atoms with Crippen molar-refractivity contribution in [2.45, 2.75) is 6.54 Å². The molecule has 0 saturated heterocycles. The number of carboxylic acids is 1. The summed E-state index contributed by atoms with van der Waals surface area (Å²) in [6.07, 6.45) is 0. The zero-order valence-corrected chi connectivity index (χ0v) is 9.32. The lowest BCUT2D eigenvalue weighted by Crippen LogP contribution is -2.29. The third-order valence-electron chi connectivity index (χ3n) is 2.44. The average molecular weight is 249 g/mol. The van der Waals surface area contributed by atoms with Crippen molar-refractivity contribution in [1.82, 2.24) is 15.3 Å². The molecule has 0 aliphatic rings. The second kappa shape index (κ2) is 4.84. The van der Waals surface area contributed by atoms with Crippen molar-refractivity contribution in [3.8, 4) is 0 Å². The first-order chi connectivity index (χ1) is 8.58. The number of nitrogens with one attached hydrogen (secondary N) is 3. The van der Waals surface area contributed by atoms with Gasteiger partial charge in [-0.1, -0.05) is 12.1 Å². The smallest absolute Gasteiger partial charge is 0.317 e. The fraction of sp³-hybridized carbons (Fsp3) is 0.182. The standard InChI is InChI=1S/C11H11N3O4/c15-8(16)5-12-4-6-2-1-3-7-9(6)14-11(18)10(17)13-7/h1-3,12H,4-5H2,(H,13,17)(H,14,18)(H,15,16). The fourth-order valence-electron chi connectivity index (χ4n) is 1.65. The number of carboxylic acid groups (broad SMARTS) is 1. The molecule has 0 radical (unpaired) electrons. The molecule has 1 aromatic heterocycles. The number of para-hydroxylation sites is 1. The number of aromatic amines is 2. The third kappa shape index (κ3) is 2.46. The maximum atomic E-state index is 11.3. The molecule has 0 saturated carbocycles. The summed E-state index contributed by atoms with van der Waals surface area (Å²) in [6.45, 7) is 0.107. The van der Waals surface area contributed by atoms with Gasteiger partial charge in [0.1, 0.15) is 0 Å². The number of carbonyl (C=O) groups is 1. The van der Waals surface area contributed by atoms with Gasteiger partial charge in [-0.05, 0) is 11.6 Å². The van der Waals surface area contributed by atoms with Gasteiger partial charge in [-0.15, -0.1) is 0 Å². The third-order valence-corrected chi connectivity index (χ3v) is 2.44. The van der Waals surface area contributed by atoms with Crippen molar-refractivity contribution >= 4 is 17.0 Å². The highest BCUT2D eigenvalue weighted by Gasteiger charge is 2.05. The minimum absolute atomic E-state index is 0.177. The lowest BCUT2D eigenvalue weighted by atomic mass is 10.1. The molecule has 0 fully saturated rings. The number of aromatic nitrogens is 2. The molecule has 2 aromatic rings. The average Bonchev–Trinajstić information content (AvgIpc) is 2.31. The molecular formula is C11H11N3O4. The van der Waals surface area contributed by atoms with Gasteiger partial charge in [-0.2, -0.15) is 0 Å². The number of benzene rings is 1. The van der Waals surface area contributed by atoms with Gasteiger partial charge in [0.05, 0.1) is 17.6 Å². The van der Waals surface area contributed by atoms with Crippen LogP contribution in [0.4, 0.5) is 0 Å². The van der Waals surface area contributed by atoms with E-state index in [1.165, 1.54) is 0 Å². The Morgan fingerprint density at radius 2 is 1.94 bits per heavy atom. The molecule has 18 heavy (non-hydrogen) atoms. The zero-order chi connectivity index (χ0) is 13.1. The highest BCUT2D eigenvalue weighted by molar-refractivity contribution is 5.77. The molecule has 0 bridgehead atoms. The Morgan fingerprint density at radius 3 is 2.67 bits per heavy atom. The molecule has 1 aromatic carbocycles. The lowest BCUT2D eigenvalue weighted by Gasteiger charge is -2.06. The topological polar surface area (TPSA) is 115 Å². The largest absolute Gasteiger partial charge is 0.480 e. The maximum absolute atomic E-state index is 11.3. The molecule has 0 spiro atoms. The second-order valence-corrected chi connectivity index (χ2v) is 3.75. The maximum Gasteiger partial charge on any atom is 0.317 e. The SMILES string of the molecule is O=C(O)CNCc1cccc2[nH]c(=O)c(=O)[nH]c12. The summed E-state index contributed by atoms with van der Waals surface area (Å²) in [5, 5.41) is 11.2. The number of hydrogen-bond donors (Lipinski definition) is 4. The van der Waals surface area contributed by atoms with Crippen molar-refractivity contribution < 1.29 is 9.90 Å². The first kappa shape index (κ1) is 12.1. The Kier molecular flexibility index (Phi) is 3.24. The van der Waals surface area contributed by atoms with Crippen LogP contribution >= 0.6 is 0 Å². The van der Waals surface area contributed by atoms with Gasteiger partial charge in [0.15, 0.2) is 0 Å². The Labute approximate surface area is 100 Å². The van der Waals surface area contributed by atoms with E-state index in [4.69, 9.17) is 5.11 Å². The van der Waals surface area contributed by atoms with Gasteiger partial charge in [0.2, 0.25) is 0 Å². The fourth-order valence-corrected chi connectivity index (χ4v) is 1.65. The summed E-state index contributed by atoms with van der Waals surface area (Å²) < 4.78 is 0. The van der Waals surface area contributed by atoms with E-state index >= 15 is 0 Å². The van der Waals surface area contributed by atoms with E-state index in [2.05, 4.69) is 15.3 Å².